The van der Waals surface area contributed by atoms with E-state index in [2.05, 4.69) is 22.8 Å². The highest BCUT2D eigenvalue weighted by Gasteiger charge is 2.18. The third kappa shape index (κ3) is 1.54. The predicted octanol–water partition coefficient (Wildman–Crippen LogP) is 1.67. The van der Waals surface area contributed by atoms with Gasteiger partial charge in [-0.25, -0.2) is 0 Å². The number of fused-ring (bicyclic) bond motifs is 1. The molecule has 15 heavy (non-hydrogen) atoms. The zero-order chi connectivity index (χ0) is 10.1. The van der Waals surface area contributed by atoms with E-state index in [0.29, 0.717) is 6.04 Å². The second kappa shape index (κ2) is 3.68. The summed E-state index contributed by atoms with van der Waals surface area (Å²) in [5, 5.41) is 8.10. The lowest BCUT2D eigenvalue weighted by atomic mass is 10.0. The van der Waals surface area contributed by atoms with Gasteiger partial charge in [-0.2, -0.15) is 0 Å². The topological polar surface area (TPSA) is 37.2 Å². The fourth-order valence-electron chi connectivity index (χ4n) is 2.14. The monoisotopic (exact) mass is 202 g/mol. The summed E-state index contributed by atoms with van der Waals surface area (Å²) < 4.78 is 5.53. The Morgan fingerprint density at radius 3 is 3.00 bits per heavy atom. The zero-order valence-corrected chi connectivity index (χ0v) is 8.49. The molecule has 2 N–H and O–H groups in total. The van der Waals surface area contributed by atoms with Crippen molar-refractivity contribution in [3.63, 3.8) is 0 Å². The number of hydrogen-bond donors (Lipinski definition) is 2. The highest BCUT2D eigenvalue weighted by atomic mass is 16.3. The Balaban J connectivity index is 2.02. The molecule has 1 saturated heterocycles. The molecule has 3 nitrogen and oxygen atoms in total. The summed E-state index contributed by atoms with van der Waals surface area (Å²) in [6.07, 6.45) is 1.87. The van der Waals surface area contributed by atoms with Gasteiger partial charge in [-0.3, -0.25) is 0 Å². The minimum atomic E-state index is 0.377. The average Bonchev–Trinajstić information content (AvgIpc) is 2.74. The molecule has 0 amide bonds. The minimum absolute atomic E-state index is 0.377. The molecule has 0 radical (unpaired) electrons. The number of para-hydroxylation sites is 1. The molecule has 0 spiro atoms. The van der Waals surface area contributed by atoms with E-state index in [9.17, 15) is 0 Å². The van der Waals surface area contributed by atoms with Crippen molar-refractivity contribution < 1.29 is 4.42 Å². The first kappa shape index (κ1) is 8.95. The summed E-state index contributed by atoms with van der Waals surface area (Å²) in [5.41, 5.74) is 2.23. The van der Waals surface area contributed by atoms with Crippen molar-refractivity contribution >= 4 is 11.0 Å². The zero-order valence-electron chi connectivity index (χ0n) is 8.49. The molecule has 1 aliphatic heterocycles. The van der Waals surface area contributed by atoms with Gasteiger partial charge >= 0.3 is 0 Å². The summed E-state index contributed by atoms with van der Waals surface area (Å²) >= 11 is 0. The van der Waals surface area contributed by atoms with E-state index in [-0.39, 0.29) is 0 Å². The Morgan fingerprint density at radius 1 is 1.20 bits per heavy atom. The van der Waals surface area contributed by atoms with Gasteiger partial charge in [0, 0.05) is 36.6 Å². The maximum atomic E-state index is 5.53. The molecule has 3 heteroatoms. The Morgan fingerprint density at radius 2 is 2.13 bits per heavy atom. The lowest BCUT2D eigenvalue weighted by Gasteiger charge is -2.23. The van der Waals surface area contributed by atoms with Crippen molar-refractivity contribution in [2.45, 2.75) is 6.04 Å². The smallest absolute Gasteiger partial charge is 0.134 e. The first-order chi connectivity index (χ1) is 7.45. The van der Waals surface area contributed by atoms with Gasteiger partial charge in [-0.15, -0.1) is 0 Å². The summed E-state index contributed by atoms with van der Waals surface area (Å²) in [6.45, 7) is 3.04. The molecule has 1 aromatic carbocycles. The normalized spacial score (nSPS) is 22.0. The van der Waals surface area contributed by atoms with Crippen LogP contribution in [0.15, 0.2) is 34.9 Å². The minimum Gasteiger partial charge on any atom is -0.464 e. The molecule has 3 rings (SSSR count). The van der Waals surface area contributed by atoms with Crippen molar-refractivity contribution in [3.05, 3.63) is 36.1 Å². The highest BCUT2D eigenvalue weighted by molar-refractivity contribution is 5.81. The molecule has 0 bridgehead atoms. The summed E-state index contributed by atoms with van der Waals surface area (Å²) in [6, 6.07) is 8.56. The van der Waals surface area contributed by atoms with Gasteiger partial charge in [0.05, 0.1) is 6.26 Å². The summed E-state index contributed by atoms with van der Waals surface area (Å²) in [5.74, 6) is 0. The van der Waals surface area contributed by atoms with Crippen LogP contribution in [0.1, 0.15) is 11.6 Å². The van der Waals surface area contributed by atoms with E-state index in [1.807, 2.05) is 18.4 Å². The van der Waals surface area contributed by atoms with Gasteiger partial charge in [-0.05, 0) is 6.07 Å². The lowest BCUT2D eigenvalue weighted by molar-refractivity contribution is 0.428. The van der Waals surface area contributed by atoms with Crippen molar-refractivity contribution in [2.24, 2.45) is 0 Å². The largest absolute Gasteiger partial charge is 0.464 e. The van der Waals surface area contributed by atoms with Crippen LogP contribution in [-0.2, 0) is 0 Å². The predicted molar refractivity (Wildman–Crippen MR) is 59.8 cm³/mol. The van der Waals surface area contributed by atoms with E-state index in [4.69, 9.17) is 4.42 Å². The van der Waals surface area contributed by atoms with Crippen LogP contribution in [0.3, 0.4) is 0 Å². The van der Waals surface area contributed by atoms with Gasteiger partial charge in [-0.1, -0.05) is 18.2 Å². The van der Waals surface area contributed by atoms with Crippen LogP contribution in [0, 0.1) is 0 Å². The molecule has 1 atom stereocenters. The molecule has 1 unspecified atom stereocenters. The van der Waals surface area contributed by atoms with E-state index in [1.165, 1.54) is 10.9 Å². The van der Waals surface area contributed by atoms with Crippen molar-refractivity contribution in [1.82, 2.24) is 10.6 Å². The van der Waals surface area contributed by atoms with Gasteiger partial charge in [0.25, 0.3) is 0 Å². The third-order valence-corrected chi connectivity index (χ3v) is 2.93. The Labute approximate surface area is 88.5 Å². The number of rotatable bonds is 1. The van der Waals surface area contributed by atoms with Crippen LogP contribution in [0.5, 0.6) is 0 Å². The number of hydrogen-bond acceptors (Lipinski definition) is 3. The number of piperazine rings is 1. The van der Waals surface area contributed by atoms with E-state index < -0.39 is 0 Å². The van der Waals surface area contributed by atoms with Crippen LogP contribution >= 0.6 is 0 Å². The van der Waals surface area contributed by atoms with Crippen LogP contribution in [0.2, 0.25) is 0 Å². The third-order valence-electron chi connectivity index (χ3n) is 2.93. The van der Waals surface area contributed by atoms with Crippen molar-refractivity contribution in [1.29, 1.82) is 0 Å². The van der Waals surface area contributed by atoms with Crippen LogP contribution < -0.4 is 10.6 Å². The second-order valence-corrected chi connectivity index (χ2v) is 3.90. The molecular formula is C12H14N2O. The molecule has 0 saturated carbocycles. The quantitative estimate of drug-likeness (QED) is 0.738. The van der Waals surface area contributed by atoms with Gasteiger partial charge < -0.3 is 15.1 Å². The van der Waals surface area contributed by atoms with E-state index in [0.717, 1.165) is 25.2 Å². The average molecular weight is 202 g/mol. The summed E-state index contributed by atoms with van der Waals surface area (Å²) in [4.78, 5) is 0. The molecular weight excluding hydrogens is 188 g/mol. The molecule has 1 fully saturated rings. The van der Waals surface area contributed by atoms with Crippen molar-refractivity contribution in [3.8, 4) is 0 Å². The van der Waals surface area contributed by atoms with Gasteiger partial charge in [0.15, 0.2) is 0 Å². The van der Waals surface area contributed by atoms with Crippen LogP contribution in [-0.4, -0.2) is 19.6 Å². The standard InChI is InChI=1S/C12H14N2O/c1-2-4-12-9(3-1)10(8-15-12)11-7-13-5-6-14-11/h1-4,8,11,13-14H,5-7H2. The maximum absolute atomic E-state index is 5.53. The molecule has 0 aliphatic carbocycles. The fraction of sp³-hybridized carbons (Fsp3) is 0.333. The fourth-order valence-corrected chi connectivity index (χ4v) is 2.14. The van der Waals surface area contributed by atoms with E-state index >= 15 is 0 Å². The Hall–Kier alpha value is -1.32. The van der Waals surface area contributed by atoms with Gasteiger partial charge in [0.1, 0.15) is 5.58 Å². The van der Waals surface area contributed by atoms with E-state index in [1.54, 1.807) is 0 Å². The second-order valence-electron chi connectivity index (χ2n) is 3.90. The Kier molecular flexibility index (Phi) is 2.19. The number of furan rings is 1. The van der Waals surface area contributed by atoms with Crippen LogP contribution in [0.4, 0.5) is 0 Å². The molecule has 78 valence electrons. The Bertz CT molecular complexity index is 457. The number of nitrogens with one attached hydrogen (secondary N) is 2. The molecule has 2 heterocycles. The summed E-state index contributed by atoms with van der Waals surface area (Å²) in [7, 11) is 0. The maximum Gasteiger partial charge on any atom is 0.134 e. The lowest BCUT2D eigenvalue weighted by Crippen LogP contribution is -2.42. The number of benzene rings is 1. The molecule has 1 aromatic heterocycles. The highest BCUT2D eigenvalue weighted by Crippen LogP contribution is 2.26. The first-order valence-electron chi connectivity index (χ1n) is 5.35. The molecule has 1 aliphatic rings. The molecule has 2 aromatic rings. The van der Waals surface area contributed by atoms with Gasteiger partial charge in [0.2, 0.25) is 0 Å². The van der Waals surface area contributed by atoms with Crippen LogP contribution in [0.25, 0.3) is 11.0 Å². The SMILES string of the molecule is c1ccc2c(C3CNCCN3)coc2c1. The van der Waals surface area contributed by atoms with Crippen molar-refractivity contribution in [2.75, 3.05) is 19.6 Å². The first-order valence-corrected chi connectivity index (χ1v) is 5.35.